The Morgan fingerprint density at radius 2 is 2.08 bits per heavy atom. The minimum absolute atomic E-state index is 1.04. The van der Waals surface area contributed by atoms with E-state index in [1.807, 2.05) is 31.4 Å². The number of para-hydroxylation sites is 1. The Hall–Kier alpha value is -1.57. The average molecular weight is 158 g/mol. The smallest absolute Gasteiger partial charge is 0.0703 e. The van der Waals surface area contributed by atoms with Crippen LogP contribution < -0.4 is 5.32 Å². The third-order valence-corrected chi connectivity index (χ3v) is 1.88. The van der Waals surface area contributed by atoms with E-state index in [1.165, 1.54) is 5.39 Å². The summed E-state index contributed by atoms with van der Waals surface area (Å²) in [6, 6.07) is 10.2. The van der Waals surface area contributed by atoms with E-state index < -0.39 is 0 Å². The second kappa shape index (κ2) is 2.81. The summed E-state index contributed by atoms with van der Waals surface area (Å²) in [4.78, 5) is 4.29. The first-order valence-electron chi connectivity index (χ1n) is 3.93. The number of anilines is 1. The van der Waals surface area contributed by atoms with Crippen LogP contribution in [0.4, 0.5) is 5.69 Å². The first-order chi connectivity index (χ1) is 5.90. The molecular weight excluding hydrogens is 148 g/mol. The molecule has 0 unspecified atom stereocenters. The van der Waals surface area contributed by atoms with E-state index in [1.54, 1.807) is 0 Å². The van der Waals surface area contributed by atoms with Gasteiger partial charge in [-0.15, -0.1) is 0 Å². The lowest BCUT2D eigenvalue weighted by molar-refractivity contribution is 1.38. The van der Waals surface area contributed by atoms with Crippen LogP contribution in [-0.4, -0.2) is 12.0 Å². The molecule has 0 saturated heterocycles. The minimum atomic E-state index is 1.04. The molecule has 0 fully saturated rings. The molecule has 0 atom stereocenters. The Bertz CT molecular complexity index is 396. The predicted molar refractivity (Wildman–Crippen MR) is 51.3 cm³/mol. The molecule has 0 aliphatic carbocycles. The number of nitrogens with one attached hydrogen (secondary N) is 1. The molecule has 1 N–H and O–H groups in total. The van der Waals surface area contributed by atoms with Crippen LogP contribution in [0.1, 0.15) is 0 Å². The number of fused-ring (bicyclic) bond motifs is 1. The van der Waals surface area contributed by atoms with Crippen LogP contribution in [0.25, 0.3) is 10.9 Å². The standard InChI is InChI=1S/C10H10N2/c1-11-9-6-8-4-2-3-5-10(8)12-7-9/h2-7,11H,1H3. The van der Waals surface area contributed by atoms with E-state index in [0.717, 1.165) is 11.2 Å². The summed E-state index contributed by atoms with van der Waals surface area (Å²) in [5.41, 5.74) is 2.09. The SMILES string of the molecule is CNc1cnc2ccccc2c1. The maximum Gasteiger partial charge on any atom is 0.0703 e. The third kappa shape index (κ3) is 1.11. The fraction of sp³-hybridized carbons (Fsp3) is 0.100. The Morgan fingerprint density at radius 1 is 1.25 bits per heavy atom. The fourth-order valence-corrected chi connectivity index (χ4v) is 1.21. The highest BCUT2D eigenvalue weighted by Crippen LogP contribution is 2.14. The largest absolute Gasteiger partial charge is 0.387 e. The zero-order chi connectivity index (χ0) is 8.39. The van der Waals surface area contributed by atoms with Crippen molar-refractivity contribution in [2.75, 3.05) is 12.4 Å². The molecule has 0 saturated carbocycles. The van der Waals surface area contributed by atoms with E-state index in [-0.39, 0.29) is 0 Å². The van der Waals surface area contributed by atoms with Gasteiger partial charge in [-0.2, -0.15) is 0 Å². The third-order valence-electron chi connectivity index (χ3n) is 1.88. The molecule has 1 aromatic carbocycles. The molecule has 0 spiro atoms. The number of benzene rings is 1. The zero-order valence-corrected chi connectivity index (χ0v) is 6.91. The molecule has 0 bridgehead atoms. The van der Waals surface area contributed by atoms with Gasteiger partial charge in [0, 0.05) is 12.4 Å². The summed E-state index contributed by atoms with van der Waals surface area (Å²) >= 11 is 0. The Labute approximate surface area is 71.2 Å². The number of aromatic nitrogens is 1. The highest BCUT2D eigenvalue weighted by Gasteiger charge is 1.93. The van der Waals surface area contributed by atoms with Gasteiger partial charge in [0.2, 0.25) is 0 Å². The van der Waals surface area contributed by atoms with Crippen molar-refractivity contribution in [2.24, 2.45) is 0 Å². The summed E-state index contributed by atoms with van der Waals surface area (Å²) in [5, 5.41) is 4.23. The Balaban J connectivity index is 2.67. The molecule has 0 aliphatic rings. The van der Waals surface area contributed by atoms with Gasteiger partial charge >= 0.3 is 0 Å². The number of rotatable bonds is 1. The molecule has 1 aromatic heterocycles. The van der Waals surface area contributed by atoms with Gasteiger partial charge in [-0.25, -0.2) is 0 Å². The summed E-state index contributed by atoms with van der Waals surface area (Å²) in [5.74, 6) is 0. The topological polar surface area (TPSA) is 24.9 Å². The fourth-order valence-electron chi connectivity index (χ4n) is 1.21. The lowest BCUT2D eigenvalue weighted by Crippen LogP contribution is -1.88. The molecule has 0 aliphatic heterocycles. The van der Waals surface area contributed by atoms with Crippen LogP contribution in [0.2, 0.25) is 0 Å². The molecule has 2 rings (SSSR count). The maximum atomic E-state index is 4.29. The van der Waals surface area contributed by atoms with Crippen molar-refractivity contribution in [3.05, 3.63) is 36.5 Å². The number of pyridine rings is 1. The molecule has 0 amide bonds. The van der Waals surface area contributed by atoms with Crippen LogP contribution in [0, 0.1) is 0 Å². The number of hydrogen-bond donors (Lipinski definition) is 1. The second-order valence-electron chi connectivity index (χ2n) is 2.67. The van der Waals surface area contributed by atoms with Crippen LogP contribution in [0.15, 0.2) is 36.5 Å². The molecule has 2 heteroatoms. The molecule has 1 heterocycles. The molecular formula is C10H10N2. The molecule has 60 valence electrons. The lowest BCUT2D eigenvalue weighted by atomic mass is 10.2. The van der Waals surface area contributed by atoms with Crippen LogP contribution in [-0.2, 0) is 0 Å². The summed E-state index contributed by atoms with van der Waals surface area (Å²) in [7, 11) is 1.89. The first-order valence-corrected chi connectivity index (χ1v) is 3.93. The number of hydrogen-bond acceptors (Lipinski definition) is 2. The summed E-state index contributed by atoms with van der Waals surface area (Å²) in [6.07, 6.45) is 1.84. The van der Waals surface area contributed by atoms with Crippen molar-refractivity contribution in [3.63, 3.8) is 0 Å². The zero-order valence-electron chi connectivity index (χ0n) is 6.91. The summed E-state index contributed by atoms with van der Waals surface area (Å²) < 4.78 is 0. The molecule has 2 aromatic rings. The first kappa shape index (κ1) is 7.10. The van der Waals surface area contributed by atoms with Crippen molar-refractivity contribution in [1.29, 1.82) is 0 Å². The van der Waals surface area contributed by atoms with Gasteiger partial charge in [0.05, 0.1) is 17.4 Å². The Kier molecular flexibility index (Phi) is 1.67. The molecule has 0 radical (unpaired) electrons. The van der Waals surface area contributed by atoms with Crippen molar-refractivity contribution >= 4 is 16.6 Å². The van der Waals surface area contributed by atoms with Crippen LogP contribution >= 0.6 is 0 Å². The minimum Gasteiger partial charge on any atom is -0.387 e. The van der Waals surface area contributed by atoms with Gasteiger partial charge in [0.1, 0.15) is 0 Å². The van der Waals surface area contributed by atoms with Gasteiger partial charge in [-0.3, -0.25) is 4.98 Å². The maximum absolute atomic E-state index is 4.29. The van der Waals surface area contributed by atoms with Gasteiger partial charge in [-0.1, -0.05) is 18.2 Å². The van der Waals surface area contributed by atoms with Crippen molar-refractivity contribution in [2.45, 2.75) is 0 Å². The quantitative estimate of drug-likeness (QED) is 0.688. The van der Waals surface area contributed by atoms with Gasteiger partial charge < -0.3 is 5.32 Å². The van der Waals surface area contributed by atoms with Crippen molar-refractivity contribution in [1.82, 2.24) is 4.98 Å². The van der Waals surface area contributed by atoms with E-state index in [4.69, 9.17) is 0 Å². The molecule has 12 heavy (non-hydrogen) atoms. The van der Waals surface area contributed by atoms with Crippen molar-refractivity contribution < 1.29 is 0 Å². The van der Waals surface area contributed by atoms with E-state index >= 15 is 0 Å². The second-order valence-corrected chi connectivity index (χ2v) is 2.67. The Morgan fingerprint density at radius 3 is 2.92 bits per heavy atom. The van der Waals surface area contributed by atoms with Gasteiger partial charge in [0.25, 0.3) is 0 Å². The van der Waals surface area contributed by atoms with E-state index in [9.17, 15) is 0 Å². The van der Waals surface area contributed by atoms with Crippen LogP contribution in [0.5, 0.6) is 0 Å². The van der Waals surface area contributed by atoms with E-state index in [2.05, 4.69) is 22.4 Å². The highest BCUT2D eigenvalue weighted by molar-refractivity contribution is 5.81. The normalized spacial score (nSPS) is 10.1. The van der Waals surface area contributed by atoms with E-state index in [0.29, 0.717) is 0 Å². The molecule has 2 nitrogen and oxygen atoms in total. The number of nitrogens with zero attached hydrogens (tertiary/aromatic N) is 1. The van der Waals surface area contributed by atoms with Crippen LogP contribution in [0.3, 0.4) is 0 Å². The monoisotopic (exact) mass is 158 g/mol. The lowest BCUT2D eigenvalue weighted by Gasteiger charge is -2.00. The van der Waals surface area contributed by atoms with Gasteiger partial charge in [0.15, 0.2) is 0 Å². The predicted octanol–water partition coefficient (Wildman–Crippen LogP) is 2.28. The van der Waals surface area contributed by atoms with Crippen molar-refractivity contribution in [3.8, 4) is 0 Å². The van der Waals surface area contributed by atoms with Gasteiger partial charge in [-0.05, 0) is 12.1 Å². The average Bonchev–Trinajstić information content (AvgIpc) is 2.17. The summed E-state index contributed by atoms with van der Waals surface area (Å²) in [6.45, 7) is 0. The highest BCUT2D eigenvalue weighted by atomic mass is 14.8.